The Labute approximate surface area is 373 Å². The number of imide groups is 2. The smallest absolute Gasteiger partial charge is 0.262 e. The molecule has 0 bridgehead atoms. The van der Waals surface area contributed by atoms with Crippen LogP contribution in [-0.2, 0) is 9.59 Å². The number of aromatic nitrogens is 5. The number of fused-ring (bicyclic) bond motifs is 2. The number of para-hydroxylation sites is 1. The van der Waals surface area contributed by atoms with E-state index < -0.39 is 29.7 Å². The summed E-state index contributed by atoms with van der Waals surface area (Å²) in [7, 11) is 0. The minimum absolute atomic E-state index is 0.00651. The van der Waals surface area contributed by atoms with Crippen molar-refractivity contribution in [2.45, 2.75) is 37.8 Å². The van der Waals surface area contributed by atoms with Crippen molar-refractivity contribution in [3.05, 3.63) is 120 Å². The number of carbonyl (C=O) groups is 5. The summed E-state index contributed by atoms with van der Waals surface area (Å²) < 4.78 is 7.92. The molecule has 10 rings (SSSR count). The monoisotopic (exact) mass is 869 g/mol. The number of carbonyl (C=O) groups excluding carboxylic acids is 5. The molecule has 1 atom stereocenters. The van der Waals surface area contributed by atoms with Crippen LogP contribution in [-0.4, -0.2) is 121 Å². The molecule has 7 heterocycles. The van der Waals surface area contributed by atoms with E-state index in [4.69, 9.17) is 15.6 Å². The fraction of sp³-hybridized carbons (Fsp3) is 0.271. The fourth-order valence-electron chi connectivity index (χ4n) is 8.89. The third kappa shape index (κ3) is 8.11. The molecule has 0 aliphatic carbocycles. The van der Waals surface area contributed by atoms with Crippen molar-refractivity contribution in [3.8, 4) is 34.6 Å². The maximum atomic E-state index is 13.7. The van der Waals surface area contributed by atoms with E-state index in [0.717, 1.165) is 48.2 Å². The second kappa shape index (κ2) is 17.3. The highest BCUT2D eigenvalue weighted by Gasteiger charge is 2.44. The van der Waals surface area contributed by atoms with Crippen LogP contribution in [0, 0.1) is 11.8 Å². The third-order valence-corrected chi connectivity index (χ3v) is 12.4. The van der Waals surface area contributed by atoms with Gasteiger partial charge in [-0.05, 0) is 86.0 Å². The number of likely N-dealkylation sites (tertiary alicyclic amines) is 1. The summed E-state index contributed by atoms with van der Waals surface area (Å²) in [5.74, 6) is 6.68. The molecule has 4 aliphatic rings. The Bertz CT molecular complexity index is 2910. The van der Waals surface area contributed by atoms with Crippen molar-refractivity contribution in [3.63, 3.8) is 0 Å². The lowest BCUT2D eigenvalue weighted by Gasteiger charge is -2.34. The van der Waals surface area contributed by atoms with Gasteiger partial charge in [-0.1, -0.05) is 30.0 Å². The topological polar surface area (TPSA) is 202 Å². The van der Waals surface area contributed by atoms with E-state index in [2.05, 4.69) is 41.9 Å². The number of nitrogens with one attached hydrogen (secondary N) is 1. The van der Waals surface area contributed by atoms with Crippen LogP contribution in [0.15, 0.2) is 97.5 Å². The van der Waals surface area contributed by atoms with Gasteiger partial charge in [-0.3, -0.25) is 39.1 Å². The number of piperidine rings is 2. The first kappa shape index (κ1) is 41.1. The Morgan fingerprint density at radius 2 is 1.55 bits per heavy atom. The Hall–Kier alpha value is -7.97. The van der Waals surface area contributed by atoms with Crippen LogP contribution < -0.4 is 20.7 Å². The molecule has 4 aliphatic heterocycles. The van der Waals surface area contributed by atoms with E-state index in [1.165, 1.54) is 6.33 Å². The zero-order valence-corrected chi connectivity index (χ0v) is 35.2. The summed E-state index contributed by atoms with van der Waals surface area (Å²) in [6, 6.07) is 24.9. The molecular formula is C48H43N11O6. The average Bonchev–Trinajstić information content (AvgIpc) is 3.84. The zero-order chi connectivity index (χ0) is 44.6. The van der Waals surface area contributed by atoms with Crippen molar-refractivity contribution < 1.29 is 28.7 Å². The van der Waals surface area contributed by atoms with E-state index in [0.29, 0.717) is 71.9 Å². The molecule has 6 aromatic rings. The Morgan fingerprint density at radius 1 is 0.800 bits per heavy atom. The van der Waals surface area contributed by atoms with Gasteiger partial charge in [0.15, 0.2) is 5.65 Å². The minimum Gasteiger partial charge on any atom is -0.457 e. The van der Waals surface area contributed by atoms with E-state index in [9.17, 15) is 24.0 Å². The highest BCUT2D eigenvalue weighted by atomic mass is 16.5. The number of hydrogen-bond donors (Lipinski definition) is 2. The van der Waals surface area contributed by atoms with Crippen molar-refractivity contribution in [2.24, 2.45) is 0 Å². The summed E-state index contributed by atoms with van der Waals surface area (Å²) >= 11 is 0. The fourth-order valence-corrected chi connectivity index (χ4v) is 8.89. The van der Waals surface area contributed by atoms with Crippen LogP contribution in [0.1, 0.15) is 68.4 Å². The average molecular weight is 870 g/mol. The summed E-state index contributed by atoms with van der Waals surface area (Å²) in [6.07, 6.45) is 4.66. The zero-order valence-electron chi connectivity index (χ0n) is 35.2. The number of hydrogen-bond acceptors (Lipinski definition) is 13. The third-order valence-electron chi connectivity index (χ3n) is 12.4. The summed E-state index contributed by atoms with van der Waals surface area (Å²) in [5.41, 5.74) is 10.2. The van der Waals surface area contributed by atoms with E-state index in [1.807, 2.05) is 76.3 Å². The standard InChI is InChI=1S/C48H43N11O6/c49-43-41-42(31-9-12-35(13-10-31)65-34-6-2-1-3-7-34)54-59(44(41)52-29-51-43)33-18-21-57(22-19-33)46(62)32-11-16-39(50-28-32)56-25-23-55(24-26-56)20-4-5-30-8-14-36-37(27-30)48(64)58(47(36)63)38-15-17-40(60)53-45(38)61/h1-3,6-14,16,27-29,33,38H,15,17-26H2,(H2,49,51,52)(H,53,60,61). The molecule has 65 heavy (non-hydrogen) atoms. The minimum atomic E-state index is -1.01. The van der Waals surface area contributed by atoms with E-state index in [-0.39, 0.29) is 35.9 Å². The lowest BCUT2D eigenvalue weighted by molar-refractivity contribution is -0.136. The Kier molecular flexibility index (Phi) is 10.9. The highest BCUT2D eigenvalue weighted by molar-refractivity contribution is 6.23. The van der Waals surface area contributed by atoms with Gasteiger partial charge in [-0.15, -0.1) is 0 Å². The van der Waals surface area contributed by atoms with Crippen LogP contribution in [0.3, 0.4) is 0 Å². The summed E-state index contributed by atoms with van der Waals surface area (Å²) in [5, 5.41) is 7.94. The lowest BCUT2D eigenvalue weighted by Crippen LogP contribution is -2.54. The van der Waals surface area contributed by atoms with Gasteiger partial charge >= 0.3 is 0 Å². The van der Waals surface area contributed by atoms with Crippen LogP contribution in [0.25, 0.3) is 22.3 Å². The van der Waals surface area contributed by atoms with Gasteiger partial charge in [0.25, 0.3) is 17.7 Å². The number of nitrogens with two attached hydrogens (primary N) is 1. The van der Waals surface area contributed by atoms with Crippen LogP contribution in [0.2, 0.25) is 0 Å². The molecule has 3 N–H and O–H groups in total. The molecule has 3 aromatic carbocycles. The summed E-state index contributed by atoms with van der Waals surface area (Å²) in [4.78, 5) is 84.7. The van der Waals surface area contributed by atoms with E-state index in [1.54, 1.807) is 24.4 Å². The second-order valence-corrected chi connectivity index (χ2v) is 16.4. The van der Waals surface area contributed by atoms with Crippen LogP contribution in [0.4, 0.5) is 11.6 Å². The van der Waals surface area contributed by atoms with Crippen molar-refractivity contribution in [2.75, 3.05) is 56.4 Å². The van der Waals surface area contributed by atoms with Crippen molar-refractivity contribution in [1.82, 2.24) is 44.7 Å². The predicted octanol–water partition coefficient (Wildman–Crippen LogP) is 4.32. The van der Waals surface area contributed by atoms with Gasteiger partial charge in [0, 0.05) is 63.0 Å². The first-order valence-electron chi connectivity index (χ1n) is 21.6. The van der Waals surface area contributed by atoms with Gasteiger partial charge in [-0.2, -0.15) is 5.10 Å². The quantitative estimate of drug-likeness (QED) is 0.162. The molecule has 3 saturated heterocycles. The highest BCUT2D eigenvalue weighted by Crippen LogP contribution is 2.36. The number of pyridine rings is 1. The van der Waals surface area contributed by atoms with Gasteiger partial charge in [0.1, 0.15) is 41.2 Å². The SMILES string of the molecule is Nc1ncnc2c1c(-c1ccc(Oc3ccccc3)cc1)nn2C1CCN(C(=O)c2ccc(N3CCN(CC#Cc4ccc5c(c4)C(=O)N(C4CCC(=O)NC4=O)C5=O)CC3)nc2)CC1. The molecule has 17 heteroatoms. The van der Waals surface area contributed by atoms with Gasteiger partial charge in [-0.25, -0.2) is 19.6 Å². The first-order chi connectivity index (χ1) is 31.7. The van der Waals surface area contributed by atoms with Gasteiger partial charge in [0.2, 0.25) is 11.8 Å². The van der Waals surface area contributed by atoms with Crippen LogP contribution >= 0.6 is 0 Å². The molecule has 1 unspecified atom stereocenters. The molecule has 0 saturated carbocycles. The number of ether oxygens (including phenoxy) is 1. The molecule has 326 valence electrons. The largest absolute Gasteiger partial charge is 0.457 e. The normalized spacial score (nSPS) is 18.1. The summed E-state index contributed by atoms with van der Waals surface area (Å²) in [6.45, 7) is 4.58. The van der Waals surface area contributed by atoms with Crippen molar-refractivity contribution in [1.29, 1.82) is 0 Å². The molecule has 3 aromatic heterocycles. The van der Waals surface area contributed by atoms with E-state index >= 15 is 0 Å². The molecule has 3 fully saturated rings. The molecule has 0 spiro atoms. The number of anilines is 2. The van der Waals surface area contributed by atoms with Gasteiger partial charge < -0.3 is 20.3 Å². The molecule has 17 nitrogen and oxygen atoms in total. The molecule has 5 amide bonds. The number of nitrogens with zero attached hydrogens (tertiary/aromatic N) is 9. The number of nitrogen functional groups attached to an aromatic ring is 1. The number of piperazine rings is 1. The van der Waals surface area contributed by atoms with Crippen LogP contribution in [0.5, 0.6) is 11.5 Å². The maximum Gasteiger partial charge on any atom is 0.262 e. The number of benzene rings is 3. The lowest BCUT2D eigenvalue weighted by atomic mass is 10.0. The maximum absolute atomic E-state index is 13.7. The number of amides is 5. The predicted molar refractivity (Wildman–Crippen MR) is 239 cm³/mol. The van der Waals surface area contributed by atoms with Gasteiger partial charge in [0.05, 0.1) is 34.7 Å². The molecule has 0 radical (unpaired) electrons. The Balaban J connectivity index is 0.717. The second-order valence-electron chi connectivity index (χ2n) is 16.4. The molecular weight excluding hydrogens is 827 g/mol. The number of rotatable bonds is 8. The Morgan fingerprint density at radius 3 is 2.29 bits per heavy atom. The first-order valence-corrected chi connectivity index (χ1v) is 21.6. The van der Waals surface area contributed by atoms with Crippen molar-refractivity contribution >= 4 is 52.2 Å².